The summed E-state index contributed by atoms with van der Waals surface area (Å²) in [6.07, 6.45) is 8.63. The molecule has 2 amide bonds. The highest BCUT2D eigenvalue weighted by Gasteiger charge is 2.75. The van der Waals surface area contributed by atoms with Crippen LogP contribution in [-0.2, 0) is 19.1 Å². The van der Waals surface area contributed by atoms with Crippen LogP contribution < -0.4 is 0 Å². The van der Waals surface area contributed by atoms with Crippen molar-refractivity contribution in [3.63, 3.8) is 0 Å². The van der Waals surface area contributed by atoms with E-state index in [-0.39, 0.29) is 36.4 Å². The van der Waals surface area contributed by atoms with E-state index in [4.69, 9.17) is 4.74 Å². The molecule has 4 heterocycles. The number of thioether (sulfide) groups is 1. The monoisotopic (exact) mass is 518 g/mol. The van der Waals surface area contributed by atoms with Crippen LogP contribution in [0.25, 0.3) is 0 Å². The Balaban J connectivity index is 1.90. The minimum atomic E-state index is -0.927. The van der Waals surface area contributed by atoms with Crippen LogP contribution in [-0.4, -0.2) is 79.6 Å². The van der Waals surface area contributed by atoms with Gasteiger partial charge in [0, 0.05) is 16.8 Å². The zero-order valence-corrected chi connectivity index (χ0v) is 23.7. The number of carbonyl (C=O) groups excluding carboxylic acids is 3. The number of aliphatic hydroxyl groups excluding tert-OH is 1. The van der Waals surface area contributed by atoms with E-state index < -0.39 is 44.9 Å². The summed E-state index contributed by atoms with van der Waals surface area (Å²) in [5, 5.41) is 10.4. The molecule has 8 heteroatoms. The van der Waals surface area contributed by atoms with E-state index in [1.165, 1.54) is 11.8 Å². The lowest BCUT2D eigenvalue weighted by molar-refractivity contribution is -0.154. The number of rotatable bonds is 5. The summed E-state index contributed by atoms with van der Waals surface area (Å²) in [5.74, 6) is -2.27. The normalized spacial score (nSPS) is 35.4. The van der Waals surface area contributed by atoms with E-state index >= 15 is 0 Å². The number of hydrogen-bond donors (Lipinski definition) is 1. The van der Waals surface area contributed by atoms with Gasteiger partial charge in [0.15, 0.2) is 0 Å². The second-order valence-corrected chi connectivity index (χ2v) is 15.0. The summed E-state index contributed by atoms with van der Waals surface area (Å²) in [6, 6.07) is -1.35. The molecule has 0 bridgehead atoms. The molecule has 1 N–H and O–H groups in total. The van der Waals surface area contributed by atoms with Gasteiger partial charge in [-0.15, -0.1) is 11.8 Å². The van der Waals surface area contributed by atoms with Gasteiger partial charge in [-0.3, -0.25) is 14.4 Å². The standard InChI is InChI=1S/C28H42N2O5S/c1-17(2)18(15-31)30-21-23(33)29(26(6,7)16-25(3,4)5)13-9-12-28(21)19(22(30)32)20-24(34)35-14-10-11-27(20,8)36-28/h9-12,17-21,31H,13-16H2,1-8H3/t18-,19-,20-,21?,27+,28-/m0/s1. The molecular formula is C28H42N2O5S. The summed E-state index contributed by atoms with van der Waals surface area (Å²) in [4.78, 5) is 45.7. The number of likely N-dealkylation sites (tertiary alicyclic amines) is 1. The highest BCUT2D eigenvalue weighted by Crippen LogP contribution is 2.66. The topological polar surface area (TPSA) is 87.2 Å². The van der Waals surface area contributed by atoms with Crippen molar-refractivity contribution in [3.05, 3.63) is 24.3 Å². The number of cyclic esters (lactones) is 1. The lowest BCUT2D eigenvalue weighted by Crippen LogP contribution is -2.61. The van der Waals surface area contributed by atoms with Gasteiger partial charge in [0.25, 0.3) is 0 Å². The smallest absolute Gasteiger partial charge is 0.311 e. The first-order valence-corrected chi connectivity index (χ1v) is 13.9. The first-order chi connectivity index (χ1) is 16.6. The minimum Gasteiger partial charge on any atom is -0.461 e. The molecule has 36 heavy (non-hydrogen) atoms. The van der Waals surface area contributed by atoms with Gasteiger partial charge in [-0.2, -0.15) is 0 Å². The van der Waals surface area contributed by atoms with Crippen molar-refractivity contribution in [2.24, 2.45) is 23.2 Å². The molecule has 0 aliphatic carbocycles. The first-order valence-electron chi connectivity index (χ1n) is 13.1. The maximum atomic E-state index is 14.6. The van der Waals surface area contributed by atoms with Crippen LogP contribution >= 0.6 is 11.8 Å². The number of carbonyl (C=O) groups is 3. The Hall–Kier alpha value is -1.80. The van der Waals surface area contributed by atoms with Gasteiger partial charge in [-0.05, 0) is 44.6 Å². The lowest BCUT2D eigenvalue weighted by atomic mass is 9.74. The van der Waals surface area contributed by atoms with Crippen molar-refractivity contribution >= 4 is 29.5 Å². The van der Waals surface area contributed by atoms with E-state index in [2.05, 4.69) is 34.6 Å². The number of nitrogens with zero attached hydrogens (tertiary/aromatic N) is 2. The van der Waals surface area contributed by atoms with Crippen LogP contribution in [0.1, 0.15) is 61.8 Å². The highest BCUT2D eigenvalue weighted by atomic mass is 32.2. The average molecular weight is 519 g/mol. The van der Waals surface area contributed by atoms with Crippen LogP contribution in [0.15, 0.2) is 24.3 Å². The number of esters is 1. The third kappa shape index (κ3) is 4.12. The maximum Gasteiger partial charge on any atom is 0.311 e. The molecule has 2 fully saturated rings. The Kier molecular flexibility index (Phi) is 6.73. The number of amides is 2. The van der Waals surface area contributed by atoms with E-state index in [0.717, 1.165) is 6.42 Å². The van der Waals surface area contributed by atoms with Crippen molar-refractivity contribution in [1.29, 1.82) is 0 Å². The van der Waals surface area contributed by atoms with Crippen LogP contribution in [0.3, 0.4) is 0 Å². The van der Waals surface area contributed by atoms with Crippen molar-refractivity contribution < 1.29 is 24.2 Å². The van der Waals surface area contributed by atoms with Gasteiger partial charge in [0.1, 0.15) is 12.6 Å². The molecule has 1 unspecified atom stereocenters. The molecule has 0 radical (unpaired) electrons. The Morgan fingerprint density at radius 1 is 1.08 bits per heavy atom. The van der Waals surface area contributed by atoms with Gasteiger partial charge < -0.3 is 19.6 Å². The largest absolute Gasteiger partial charge is 0.461 e. The van der Waals surface area contributed by atoms with Crippen LogP contribution in [0.4, 0.5) is 0 Å². The van der Waals surface area contributed by atoms with Gasteiger partial charge in [-0.25, -0.2) is 0 Å². The fourth-order valence-electron chi connectivity index (χ4n) is 7.21. The molecule has 4 aliphatic heterocycles. The molecule has 0 aromatic rings. The molecular weight excluding hydrogens is 476 g/mol. The SMILES string of the molecule is CC(C)[C@H](CO)N1C(=O)[C@@H]2[C@H]3C(=O)OCC=C[C@@]3(C)S[C@@]23C=CCN(C(C)(C)CC(C)(C)C)C(=O)C13. The molecule has 4 aliphatic rings. The van der Waals surface area contributed by atoms with Crippen molar-refractivity contribution in [3.8, 4) is 0 Å². The molecule has 200 valence electrons. The maximum absolute atomic E-state index is 14.6. The third-order valence-corrected chi connectivity index (χ3v) is 10.1. The predicted octanol–water partition coefficient (Wildman–Crippen LogP) is 3.42. The summed E-state index contributed by atoms with van der Waals surface area (Å²) in [5.41, 5.74) is -0.463. The van der Waals surface area contributed by atoms with Crippen molar-refractivity contribution in [1.82, 2.24) is 9.80 Å². The minimum absolute atomic E-state index is 0.00585. The summed E-state index contributed by atoms with van der Waals surface area (Å²) in [6.45, 7) is 16.9. The van der Waals surface area contributed by atoms with Crippen LogP contribution in [0, 0.1) is 23.2 Å². The van der Waals surface area contributed by atoms with Crippen LogP contribution in [0.5, 0.6) is 0 Å². The van der Waals surface area contributed by atoms with E-state index in [9.17, 15) is 19.5 Å². The van der Waals surface area contributed by atoms with Gasteiger partial charge in [-0.1, -0.05) is 52.8 Å². The molecule has 0 aromatic carbocycles. The number of aliphatic hydroxyl groups is 1. The zero-order valence-electron chi connectivity index (χ0n) is 22.9. The summed E-state index contributed by atoms with van der Waals surface area (Å²) < 4.78 is 3.89. The predicted molar refractivity (Wildman–Crippen MR) is 141 cm³/mol. The Bertz CT molecular complexity index is 998. The Morgan fingerprint density at radius 2 is 1.75 bits per heavy atom. The zero-order chi connectivity index (χ0) is 26.8. The van der Waals surface area contributed by atoms with E-state index in [0.29, 0.717) is 6.54 Å². The molecule has 0 aromatic heterocycles. The molecule has 0 saturated carbocycles. The summed E-state index contributed by atoms with van der Waals surface area (Å²) in [7, 11) is 0. The molecule has 2 saturated heterocycles. The van der Waals surface area contributed by atoms with Gasteiger partial charge in [0.2, 0.25) is 11.8 Å². The second kappa shape index (κ2) is 8.90. The van der Waals surface area contributed by atoms with Crippen LogP contribution in [0.2, 0.25) is 0 Å². The van der Waals surface area contributed by atoms with E-state index in [1.807, 2.05) is 50.0 Å². The quantitative estimate of drug-likeness (QED) is 0.443. The van der Waals surface area contributed by atoms with Crippen molar-refractivity contribution in [2.45, 2.75) is 88.9 Å². The number of ether oxygens (including phenoxy) is 1. The lowest BCUT2D eigenvalue weighted by Gasteiger charge is -2.46. The van der Waals surface area contributed by atoms with E-state index in [1.54, 1.807) is 4.90 Å². The third-order valence-electron chi connectivity index (χ3n) is 8.26. The fraction of sp³-hybridized carbons (Fsp3) is 0.750. The fourth-order valence-corrected chi connectivity index (χ4v) is 9.35. The van der Waals surface area contributed by atoms with Gasteiger partial charge in [0.05, 0.1) is 29.2 Å². The molecule has 1 spiro atoms. The number of fused-ring (bicyclic) bond motifs is 2. The highest BCUT2D eigenvalue weighted by molar-refractivity contribution is 8.02. The average Bonchev–Trinajstić information content (AvgIpc) is 2.97. The van der Waals surface area contributed by atoms with Crippen molar-refractivity contribution in [2.75, 3.05) is 19.8 Å². The first kappa shape index (κ1) is 27.2. The Morgan fingerprint density at radius 3 is 2.33 bits per heavy atom. The van der Waals surface area contributed by atoms with Gasteiger partial charge >= 0.3 is 5.97 Å². The summed E-state index contributed by atoms with van der Waals surface area (Å²) >= 11 is 1.54. The number of hydrogen-bond acceptors (Lipinski definition) is 6. The molecule has 4 rings (SSSR count). The second-order valence-electron chi connectivity index (χ2n) is 13.2. The molecule has 6 atom stereocenters. The Labute approximate surface area is 219 Å². The molecule has 7 nitrogen and oxygen atoms in total.